The van der Waals surface area contributed by atoms with Crippen LogP contribution < -0.4 is 15.6 Å². The Balaban J connectivity index is 1.51. The molecule has 1 aromatic carbocycles. The molecule has 2 aromatic heterocycles. The average molecular weight is 399 g/mol. The van der Waals surface area contributed by atoms with Gasteiger partial charge >= 0.3 is 5.91 Å². The Morgan fingerprint density at radius 3 is 2.46 bits per heavy atom. The van der Waals surface area contributed by atoms with Crippen molar-refractivity contribution < 1.29 is 18.7 Å². The lowest BCUT2D eigenvalue weighted by molar-refractivity contribution is 0.0830. The van der Waals surface area contributed by atoms with Crippen molar-refractivity contribution in [3.8, 4) is 5.75 Å². The maximum Gasteiger partial charge on any atom is 0.305 e. The number of benzene rings is 1. The summed E-state index contributed by atoms with van der Waals surface area (Å²) in [6, 6.07) is 12.5. The van der Waals surface area contributed by atoms with E-state index in [0.717, 1.165) is 5.01 Å². The number of rotatable bonds is 5. The van der Waals surface area contributed by atoms with Gasteiger partial charge in [0.1, 0.15) is 23.0 Å². The number of thiazole rings is 1. The first kappa shape index (κ1) is 19.6. The van der Waals surface area contributed by atoms with E-state index in [0.29, 0.717) is 16.4 Å². The van der Waals surface area contributed by atoms with Gasteiger partial charge in [-0.25, -0.2) is 4.98 Å². The number of ether oxygens (including phenoxy) is 1. The second kappa shape index (κ2) is 8.26. The summed E-state index contributed by atoms with van der Waals surface area (Å²) < 4.78 is 11.0. The smallest absolute Gasteiger partial charge is 0.305 e. The van der Waals surface area contributed by atoms with Crippen LogP contribution in [-0.4, -0.2) is 16.8 Å². The minimum absolute atomic E-state index is 0.0756. The van der Waals surface area contributed by atoms with E-state index in [9.17, 15) is 9.59 Å². The predicted octanol–water partition coefficient (Wildman–Crippen LogP) is 3.69. The third-order valence-corrected chi connectivity index (χ3v) is 5.09. The first-order valence-electron chi connectivity index (χ1n) is 8.66. The molecule has 0 saturated carbocycles. The first-order valence-corrected chi connectivity index (χ1v) is 9.48. The number of nitrogens with zero attached hydrogens (tertiary/aromatic N) is 1. The molecule has 3 rings (SSSR count). The summed E-state index contributed by atoms with van der Waals surface area (Å²) in [7, 11) is 0. The van der Waals surface area contributed by atoms with Crippen LogP contribution >= 0.6 is 11.3 Å². The van der Waals surface area contributed by atoms with Crippen LogP contribution in [0, 0.1) is 0 Å². The molecule has 0 saturated heterocycles. The quantitative estimate of drug-likeness (QED) is 0.638. The summed E-state index contributed by atoms with van der Waals surface area (Å²) in [5.74, 6) is 0.293. The van der Waals surface area contributed by atoms with Crippen LogP contribution in [0.3, 0.4) is 0 Å². The molecular formula is C20H21N3O4S. The van der Waals surface area contributed by atoms with E-state index in [1.807, 2.05) is 51.1 Å². The highest BCUT2D eigenvalue weighted by Gasteiger charge is 2.21. The van der Waals surface area contributed by atoms with Crippen molar-refractivity contribution in [3.63, 3.8) is 0 Å². The van der Waals surface area contributed by atoms with Crippen molar-refractivity contribution in [1.29, 1.82) is 0 Å². The topological polar surface area (TPSA) is 93.5 Å². The molecule has 0 atom stereocenters. The predicted molar refractivity (Wildman–Crippen MR) is 105 cm³/mol. The molecular weight excluding hydrogens is 378 g/mol. The lowest BCUT2D eigenvalue weighted by Crippen LogP contribution is -2.41. The van der Waals surface area contributed by atoms with Gasteiger partial charge in [-0.05, 0) is 24.3 Å². The highest BCUT2D eigenvalue weighted by molar-refractivity contribution is 7.13. The molecule has 2 N–H and O–H groups in total. The molecule has 146 valence electrons. The Morgan fingerprint density at radius 1 is 1.07 bits per heavy atom. The van der Waals surface area contributed by atoms with Crippen LogP contribution in [0.25, 0.3) is 0 Å². The fourth-order valence-electron chi connectivity index (χ4n) is 2.21. The zero-order valence-corrected chi connectivity index (χ0v) is 16.6. The standard InChI is InChI=1S/C20H21N3O4S/c1-20(2,3)19-21-11-16(28-19)18(25)23-22-17(24)15-10-9-14(27-15)12-26-13-7-5-4-6-8-13/h4-11H,12H2,1-3H3,(H,22,24)(H,23,25). The van der Waals surface area contributed by atoms with Crippen LogP contribution in [0.15, 0.2) is 53.1 Å². The van der Waals surface area contributed by atoms with Crippen molar-refractivity contribution in [2.45, 2.75) is 32.8 Å². The molecule has 0 bridgehead atoms. The van der Waals surface area contributed by atoms with E-state index in [2.05, 4.69) is 15.8 Å². The van der Waals surface area contributed by atoms with Crippen molar-refractivity contribution in [1.82, 2.24) is 15.8 Å². The molecule has 0 fully saturated rings. The number of amides is 2. The fourth-order valence-corrected chi connectivity index (χ4v) is 3.08. The molecule has 0 aliphatic heterocycles. The number of hydrazine groups is 1. The van der Waals surface area contributed by atoms with Crippen molar-refractivity contribution >= 4 is 23.2 Å². The Kier molecular flexibility index (Phi) is 5.79. The molecule has 3 aromatic rings. The zero-order chi connectivity index (χ0) is 20.1. The van der Waals surface area contributed by atoms with Gasteiger partial charge in [0.25, 0.3) is 5.91 Å². The van der Waals surface area contributed by atoms with Crippen molar-refractivity contribution in [3.05, 3.63) is 70.1 Å². The minimum atomic E-state index is -0.556. The van der Waals surface area contributed by atoms with Crippen LogP contribution in [-0.2, 0) is 12.0 Å². The average Bonchev–Trinajstić information content (AvgIpc) is 3.34. The van der Waals surface area contributed by atoms with Crippen LogP contribution in [0.4, 0.5) is 0 Å². The summed E-state index contributed by atoms with van der Waals surface area (Å²) in [5, 5.41) is 0.845. The minimum Gasteiger partial charge on any atom is -0.486 e. The molecule has 7 nitrogen and oxygen atoms in total. The SMILES string of the molecule is CC(C)(C)c1ncc(C(=O)NNC(=O)c2ccc(COc3ccccc3)o2)s1. The number of carbonyl (C=O) groups is 2. The van der Waals surface area contributed by atoms with Gasteiger partial charge in [0.05, 0.1) is 11.2 Å². The molecule has 0 aliphatic rings. The second-order valence-corrected chi connectivity index (χ2v) is 8.09. The van der Waals surface area contributed by atoms with E-state index in [4.69, 9.17) is 9.15 Å². The number of nitrogens with one attached hydrogen (secondary N) is 2. The van der Waals surface area contributed by atoms with Crippen LogP contribution in [0.5, 0.6) is 5.75 Å². The van der Waals surface area contributed by atoms with Crippen LogP contribution in [0.2, 0.25) is 0 Å². The van der Waals surface area contributed by atoms with E-state index >= 15 is 0 Å². The van der Waals surface area contributed by atoms with Gasteiger partial charge in [-0.15, -0.1) is 11.3 Å². The monoisotopic (exact) mass is 399 g/mol. The maximum atomic E-state index is 12.2. The Morgan fingerprint density at radius 2 is 1.79 bits per heavy atom. The van der Waals surface area contributed by atoms with E-state index in [-0.39, 0.29) is 17.8 Å². The second-order valence-electron chi connectivity index (χ2n) is 7.06. The number of hydrogen-bond acceptors (Lipinski definition) is 6. The third kappa shape index (κ3) is 4.98. The van der Waals surface area contributed by atoms with E-state index in [1.54, 1.807) is 6.07 Å². The molecule has 2 amide bonds. The number of furan rings is 1. The van der Waals surface area contributed by atoms with Crippen LogP contribution in [0.1, 0.15) is 51.8 Å². The van der Waals surface area contributed by atoms with E-state index in [1.165, 1.54) is 23.6 Å². The molecule has 0 unspecified atom stereocenters. The molecule has 28 heavy (non-hydrogen) atoms. The molecule has 8 heteroatoms. The normalized spacial score (nSPS) is 11.1. The number of aromatic nitrogens is 1. The Hall–Kier alpha value is -3.13. The summed E-state index contributed by atoms with van der Waals surface area (Å²) in [6.45, 7) is 6.25. The third-order valence-electron chi connectivity index (χ3n) is 3.67. The van der Waals surface area contributed by atoms with Gasteiger partial charge in [0.2, 0.25) is 0 Å². The van der Waals surface area contributed by atoms with Crippen molar-refractivity contribution in [2.24, 2.45) is 0 Å². The summed E-state index contributed by atoms with van der Waals surface area (Å²) in [4.78, 5) is 29.0. The Bertz CT molecular complexity index is 957. The highest BCUT2D eigenvalue weighted by Crippen LogP contribution is 2.26. The van der Waals surface area contributed by atoms with E-state index < -0.39 is 11.8 Å². The van der Waals surface area contributed by atoms with Gasteiger partial charge in [-0.2, -0.15) is 0 Å². The molecule has 0 aliphatic carbocycles. The summed E-state index contributed by atoms with van der Waals surface area (Å²) >= 11 is 1.29. The lowest BCUT2D eigenvalue weighted by Gasteiger charge is -2.13. The number of para-hydroxylation sites is 1. The summed E-state index contributed by atoms with van der Waals surface area (Å²) in [6.07, 6.45) is 1.50. The molecule has 0 radical (unpaired) electrons. The summed E-state index contributed by atoms with van der Waals surface area (Å²) in [5.41, 5.74) is 4.57. The molecule has 2 heterocycles. The highest BCUT2D eigenvalue weighted by atomic mass is 32.1. The van der Waals surface area contributed by atoms with Crippen molar-refractivity contribution in [2.75, 3.05) is 0 Å². The number of carbonyl (C=O) groups excluding carboxylic acids is 2. The fraction of sp³-hybridized carbons (Fsp3) is 0.250. The Labute approximate surface area is 166 Å². The lowest BCUT2D eigenvalue weighted by atomic mass is 9.98. The number of hydrogen-bond donors (Lipinski definition) is 2. The van der Waals surface area contributed by atoms with Gasteiger partial charge in [-0.3, -0.25) is 20.4 Å². The molecule has 0 spiro atoms. The van der Waals surface area contributed by atoms with Gasteiger partial charge in [0.15, 0.2) is 5.76 Å². The van der Waals surface area contributed by atoms with Gasteiger partial charge < -0.3 is 9.15 Å². The zero-order valence-electron chi connectivity index (χ0n) is 15.8. The van der Waals surface area contributed by atoms with Gasteiger partial charge in [0, 0.05) is 5.41 Å². The van der Waals surface area contributed by atoms with Gasteiger partial charge in [-0.1, -0.05) is 39.0 Å². The maximum absolute atomic E-state index is 12.2. The first-order chi connectivity index (χ1) is 13.3. The largest absolute Gasteiger partial charge is 0.486 e.